The van der Waals surface area contributed by atoms with Crippen LogP contribution >= 0.6 is 0 Å². The van der Waals surface area contributed by atoms with Crippen molar-refractivity contribution in [1.29, 1.82) is 0 Å². The molecule has 0 amide bonds. The van der Waals surface area contributed by atoms with Crippen molar-refractivity contribution >= 4 is 46.7 Å². The largest absolute Gasteiger partial charge is 0.306 e. The summed E-state index contributed by atoms with van der Waals surface area (Å²) in [5.74, 6) is 0. The molecular formula is C26H18N2O2. The highest BCUT2D eigenvalue weighted by Crippen LogP contribution is 2.54. The number of para-hydroxylation sites is 2. The van der Waals surface area contributed by atoms with Crippen LogP contribution in [0.15, 0.2) is 97.1 Å². The summed E-state index contributed by atoms with van der Waals surface area (Å²) in [7, 11) is 0. The number of anilines is 6. The number of benzene rings is 4. The van der Waals surface area contributed by atoms with Gasteiger partial charge in [-0.05, 0) is 60.7 Å². The summed E-state index contributed by atoms with van der Waals surface area (Å²) in [6.07, 6.45) is 1.71. The number of hydrogen-bond donors (Lipinski definition) is 0. The number of carbonyl (C=O) groups excluding carboxylic acids is 2. The van der Waals surface area contributed by atoms with Crippen LogP contribution < -0.4 is 9.80 Å². The second kappa shape index (κ2) is 7.33. The third-order valence-corrected chi connectivity index (χ3v) is 5.26. The van der Waals surface area contributed by atoms with Gasteiger partial charge in [0.25, 0.3) is 0 Å². The van der Waals surface area contributed by atoms with Gasteiger partial charge in [0.15, 0.2) is 0 Å². The summed E-state index contributed by atoms with van der Waals surface area (Å²) >= 11 is 0. The molecule has 1 heterocycles. The van der Waals surface area contributed by atoms with Crippen molar-refractivity contribution < 1.29 is 9.59 Å². The SMILES string of the molecule is O=Cc1ccc2c(c1)N(c1ccccc1)c1cc(C=O)ccc1N2c1ccccc1. The van der Waals surface area contributed by atoms with Crippen LogP contribution in [-0.2, 0) is 0 Å². The highest BCUT2D eigenvalue weighted by molar-refractivity contribution is 6.03. The van der Waals surface area contributed by atoms with E-state index in [4.69, 9.17) is 0 Å². The molecule has 144 valence electrons. The minimum Gasteiger partial charge on any atom is -0.306 e. The Morgan fingerprint density at radius 2 is 0.867 bits per heavy atom. The summed E-state index contributed by atoms with van der Waals surface area (Å²) in [4.78, 5) is 27.4. The molecule has 0 bridgehead atoms. The van der Waals surface area contributed by atoms with Crippen molar-refractivity contribution in [2.45, 2.75) is 0 Å². The van der Waals surface area contributed by atoms with Crippen LogP contribution in [0.4, 0.5) is 34.1 Å². The molecule has 0 fully saturated rings. The van der Waals surface area contributed by atoms with Crippen molar-refractivity contribution in [2.75, 3.05) is 9.80 Å². The van der Waals surface area contributed by atoms with Gasteiger partial charge < -0.3 is 9.80 Å². The predicted molar refractivity (Wildman–Crippen MR) is 120 cm³/mol. The Kier molecular flexibility index (Phi) is 4.37. The molecule has 4 aromatic carbocycles. The molecule has 0 radical (unpaired) electrons. The van der Waals surface area contributed by atoms with Crippen LogP contribution in [0.25, 0.3) is 0 Å². The van der Waals surface area contributed by atoms with E-state index in [-0.39, 0.29) is 0 Å². The Labute approximate surface area is 174 Å². The van der Waals surface area contributed by atoms with E-state index in [1.54, 1.807) is 0 Å². The van der Waals surface area contributed by atoms with Crippen molar-refractivity contribution in [3.8, 4) is 0 Å². The summed E-state index contributed by atoms with van der Waals surface area (Å²) < 4.78 is 0. The molecule has 4 nitrogen and oxygen atoms in total. The summed E-state index contributed by atoms with van der Waals surface area (Å²) in [5.41, 5.74) is 6.83. The van der Waals surface area contributed by atoms with E-state index in [2.05, 4.69) is 9.80 Å². The van der Waals surface area contributed by atoms with E-state index < -0.39 is 0 Å². The lowest BCUT2D eigenvalue weighted by Crippen LogP contribution is -2.24. The molecule has 1 aliphatic rings. The standard InChI is InChI=1S/C26H18N2O2/c29-17-19-11-13-23-25(15-19)28(22-9-5-2-6-10-22)26-16-20(18-30)12-14-24(26)27(23)21-7-3-1-4-8-21/h1-18H. The zero-order valence-corrected chi connectivity index (χ0v) is 16.1. The van der Waals surface area contributed by atoms with Gasteiger partial charge >= 0.3 is 0 Å². The van der Waals surface area contributed by atoms with Crippen LogP contribution in [-0.4, -0.2) is 12.6 Å². The fraction of sp³-hybridized carbons (Fsp3) is 0. The van der Waals surface area contributed by atoms with Gasteiger partial charge in [0, 0.05) is 22.5 Å². The number of aldehydes is 2. The average Bonchev–Trinajstić information content (AvgIpc) is 2.82. The minimum absolute atomic E-state index is 0.595. The molecule has 0 saturated carbocycles. The number of fused-ring (bicyclic) bond motifs is 2. The summed E-state index contributed by atoms with van der Waals surface area (Å²) in [6.45, 7) is 0. The quantitative estimate of drug-likeness (QED) is 0.326. The number of rotatable bonds is 4. The molecule has 0 saturated heterocycles. The van der Waals surface area contributed by atoms with E-state index in [0.29, 0.717) is 11.1 Å². The van der Waals surface area contributed by atoms with Gasteiger partial charge in [-0.25, -0.2) is 0 Å². The van der Waals surface area contributed by atoms with Gasteiger partial charge in [0.1, 0.15) is 12.6 Å². The second-order valence-corrected chi connectivity index (χ2v) is 7.07. The third kappa shape index (κ3) is 2.86. The maximum atomic E-state index is 11.6. The highest BCUT2D eigenvalue weighted by atomic mass is 16.1. The highest BCUT2D eigenvalue weighted by Gasteiger charge is 2.30. The molecule has 4 heteroatoms. The number of nitrogens with zero attached hydrogens (tertiary/aromatic N) is 2. The molecule has 4 aromatic rings. The van der Waals surface area contributed by atoms with Gasteiger partial charge in [-0.3, -0.25) is 9.59 Å². The van der Waals surface area contributed by atoms with E-state index >= 15 is 0 Å². The molecule has 0 aromatic heterocycles. The lowest BCUT2D eigenvalue weighted by molar-refractivity contribution is 0.111. The predicted octanol–water partition coefficient (Wildman–Crippen LogP) is 6.56. The van der Waals surface area contributed by atoms with Gasteiger partial charge in [-0.15, -0.1) is 0 Å². The molecule has 0 atom stereocenters. The van der Waals surface area contributed by atoms with Gasteiger partial charge in [-0.1, -0.05) is 36.4 Å². The first-order valence-corrected chi connectivity index (χ1v) is 9.69. The smallest absolute Gasteiger partial charge is 0.150 e. The first-order chi connectivity index (χ1) is 14.8. The van der Waals surface area contributed by atoms with Crippen molar-refractivity contribution in [3.63, 3.8) is 0 Å². The second-order valence-electron chi connectivity index (χ2n) is 7.07. The van der Waals surface area contributed by atoms with Crippen molar-refractivity contribution in [1.82, 2.24) is 0 Å². The van der Waals surface area contributed by atoms with Crippen LogP contribution in [0.3, 0.4) is 0 Å². The van der Waals surface area contributed by atoms with Crippen molar-refractivity contribution in [3.05, 3.63) is 108 Å². The summed E-state index contributed by atoms with van der Waals surface area (Å²) in [6, 6.07) is 31.4. The van der Waals surface area contributed by atoms with E-state index in [0.717, 1.165) is 46.7 Å². The zero-order valence-electron chi connectivity index (χ0n) is 16.1. The Morgan fingerprint density at radius 3 is 1.27 bits per heavy atom. The molecule has 0 aliphatic carbocycles. The van der Waals surface area contributed by atoms with Crippen molar-refractivity contribution in [2.24, 2.45) is 0 Å². The topological polar surface area (TPSA) is 40.6 Å². The fourth-order valence-corrected chi connectivity index (χ4v) is 3.93. The third-order valence-electron chi connectivity index (χ3n) is 5.26. The maximum Gasteiger partial charge on any atom is 0.150 e. The minimum atomic E-state index is 0.595. The molecular weight excluding hydrogens is 372 g/mol. The molecule has 0 N–H and O–H groups in total. The summed E-state index contributed by atoms with van der Waals surface area (Å²) in [5, 5.41) is 0. The molecule has 0 unspecified atom stereocenters. The van der Waals surface area contributed by atoms with Gasteiger partial charge in [0.2, 0.25) is 0 Å². The first-order valence-electron chi connectivity index (χ1n) is 9.69. The van der Waals surface area contributed by atoms with Gasteiger partial charge in [0.05, 0.1) is 22.7 Å². The maximum absolute atomic E-state index is 11.6. The molecule has 30 heavy (non-hydrogen) atoms. The lowest BCUT2D eigenvalue weighted by atomic mass is 10.0. The lowest BCUT2D eigenvalue weighted by Gasteiger charge is -2.40. The Hall–Kier alpha value is -4.18. The Bertz CT molecular complexity index is 1180. The van der Waals surface area contributed by atoms with E-state index in [9.17, 15) is 9.59 Å². The van der Waals surface area contributed by atoms with Crippen LogP contribution in [0.2, 0.25) is 0 Å². The monoisotopic (exact) mass is 390 g/mol. The Morgan fingerprint density at radius 1 is 0.467 bits per heavy atom. The van der Waals surface area contributed by atoms with Crippen LogP contribution in [0.1, 0.15) is 20.7 Å². The van der Waals surface area contributed by atoms with E-state index in [1.165, 1.54) is 0 Å². The number of carbonyl (C=O) groups is 2. The zero-order chi connectivity index (χ0) is 20.5. The number of hydrogen-bond acceptors (Lipinski definition) is 4. The normalized spacial score (nSPS) is 12.1. The molecule has 1 aliphatic heterocycles. The van der Waals surface area contributed by atoms with Crippen LogP contribution in [0, 0.1) is 0 Å². The van der Waals surface area contributed by atoms with Crippen LogP contribution in [0.5, 0.6) is 0 Å². The molecule has 5 rings (SSSR count). The first kappa shape index (κ1) is 17.9. The van der Waals surface area contributed by atoms with E-state index in [1.807, 2.05) is 97.1 Å². The fourth-order valence-electron chi connectivity index (χ4n) is 3.93. The molecule has 0 spiro atoms. The van der Waals surface area contributed by atoms with Gasteiger partial charge in [-0.2, -0.15) is 0 Å². The Balaban J connectivity index is 1.85. The average molecular weight is 390 g/mol.